The largest absolute Gasteiger partial charge is 0.378 e. The molecule has 108 valence electrons. The average molecular weight is 280 g/mol. The molecule has 1 aliphatic heterocycles. The molecule has 0 saturated carbocycles. The number of rotatable bonds is 4. The molecule has 3 rings (SSSR count). The van der Waals surface area contributed by atoms with Gasteiger partial charge in [0, 0.05) is 30.2 Å². The molecule has 0 amide bonds. The number of anilines is 2. The van der Waals surface area contributed by atoms with Crippen LogP contribution in [0.1, 0.15) is 5.56 Å². The zero-order valence-corrected chi connectivity index (χ0v) is 12.1. The Bertz CT molecular complexity index is 586. The number of nitrogens with one attached hydrogen (secondary N) is 1. The first-order valence-electron chi connectivity index (χ1n) is 7.27. The van der Waals surface area contributed by atoms with E-state index in [1.54, 1.807) is 0 Å². The Labute approximate surface area is 125 Å². The molecule has 2 aromatic carbocycles. The van der Waals surface area contributed by atoms with Crippen LogP contribution in [-0.4, -0.2) is 26.3 Å². The second kappa shape index (κ2) is 6.46. The summed E-state index contributed by atoms with van der Waals surface area (Å²) in [6, 6.07) is 18.6. The maximum atomic E-state index is 5.38. The third kappa shape index (κ3) is 3.44. The minimum atomic E-state index is 0.810. The van der Waals surface area contributed by atoms with Gasteiger partial charge in [-0.15, -0.1) is 0 Å². The summed E-state index contributed by atoms with van der Waals surface area (Å²) < 4.78 is 5.38. The first-order chi connectivity index (χ1) is 10.3. The Hall–Kier alpha value is -2.26. The SMILES string of the molecule is C=C(Nc1ccccc1)c1ccc(N2CCOCC2)cc1. The molecule has 1 fully saturated rings. The molecule has 1 aliphatic rings. The van der Waals surface area contributed by atoms with E-state index in [0.29, 0.717) is 0 Å². The van der Waals surface area contributed by atoms with Crippen molar-refractivity contribution in [3.63, 3.8) is 0 Å². The maximum absolute atomic E-state index is 5.38. The predicted octanol–water partition coefficient (Wildman–Crippen LogP) is 3.61. The Morgan fingerprint density at radius 2 is 1.62 bits per heavy atom. The van der Waals surface area contributed by atoms with Crippen molar-refractivity contribution in [3.05, 3.63) is 66.7 Å². The van der Waals surface area contributed by atoms with E-state index in [-0.39, 0.29) is 0 Å². The molecule has 0 spiro atoms. The smallest absolute Gasteiger partial charge is 0.0642 e. The Balaban J connectivity index is 1.67. The van der Waals surface area contributed by atoms with Crippen molar-refractivity contribution in [2.45, 2.75) is 0 Å². The first-order valence-corrected chi connectivity index (χ1v) is 7.27. The summed E-state index contributed by atoms with van der Waals surface area (Å²) in [4.78, 5) is 2.35. The molecule has 3 heteroatoms. The molecule has 1 saturated heterocycles. The number of nitrogens with zero attached hydrogens (tertiary/aromatic N) is 1. The Morgan fingerprint density at radius 3 is 2.29 bits per heavy atom. The van der Waals surface area contributed by atoms with Gasteiger partial charge in [-0.25, -0.2) is 0 Å². The van der Waals surface area contributed by atoms with Crippen molar-refractivity contribution in [2.24, 2.45) is 0 Å². The number of ether oxygens (including phenoxy) is 1. The van der Waals surface area contributed by atoms with Crippen LogP contribution >= 0.6 is 0 Å². The molecule has 3 nitrogen and oxygen atoms in total. The van der Waals surface area contributed by atoms with E-state index in [0.717, 1.165) is 43.3 Å². The van der Waals surface area contributed by atoms with Crippen molar-refractivity contribution >= 4 is 17.1 Å². The Morgan fingerprint density at radius 1 is 0.952 bits per heavy atom. The lowest BCUT2D eigenvalue weighted by molar-refractivity contribution is 0.122. The lowest BCUT2D eigenvalue weighted by Gasteiger charge is -2.29. The standard InChI is InChI=1S/C18H20N2O/c1-15(19-17-5-3-2-4-6-17)16-7-9-18(10-8-16)20-11-13-21-14-12-20/h2-10,19H,1,11-14H2. The zero-order chi connectivity index (χ0) is 14.5. The summed E-state index contributed by atoms with van der Waals surface area (Å²) in [5.41, 5.74) is 4.32. The normalized spacial score (nSPS) is 14.8. The van der Waals surface area contributed by atoms with Crippen molar-refractivity contribution in [1.29, 1.82) is 0 Å². The van der Waals surface area contributed by atoms with Gasteiger partial charge in [-0.3, -0.25) is 0 Å². The van der Waals surface area contributed by atoms with Gasteiger partial charge in [-0.2, -0.15) is 0 Å². The first kappa shape index (κ1) is 13.7. The summed E-state index contributed by atoms with van der Waals surface area (Å²) in [6.07, 6.45) is 0. The number of para-hydroxylation sites is 1. The summed E-state index contributed by atoms with van der Waals surface area (Å²) in [5.74, 6) is 0. The van der Waals surface area contributed by atoms with Gasteiger partial charge in [0.15, 0.2) is 0 Å². The van der Waals surface area contributed by atoms with E-state index in [1.165, 1.54) is 5.69 Å². The summed E-state index contributed by atoms with van der Waals surface area (Å²) in [7, 11) is 0. The number of hydrogen-bond donors (Lipinski definition) is 1. The average Bonchev–Trinajstić information content (AvgIpc) is 2.57. The van der Waals surface area contributed by atoms with E-state index in [9.17, 15) is 0 Å². The lowest BCUT2D eigenvalue weighted by atomic mass is 10.1. The molecule has 0 atom stereocenters. The monoisotopic (exact) mass is 280 g/mol. The topological polar surface area (TPSA) is 24.5 Å². The van der Waals surface area contributed by atoms with Gasteiger partial charge in [-0.05, 0) is 29.8 Å². The molecule has 2 aromatic rings. The number of hydrogen-bond acceptors (Lipinski definition) is 3. The van der Waals surface area contributed by atoms with Gasteiger partial charge in [0.2, 0.25) is 0 Å². The molecule has 0 bridgehead atoms. The van der Waals surface area contributed by atoms with Crippen LogP contribution in [0, 0.1) is 0 Å². The van der Waals surface area contributed by atoms with Crippen LogP contribution in [0.3, 0.4) is 0 Å². The van der Waals surface area contributed by atoms with E-state index in [4.69, 9.17) is 4.74 Å². The zero-order valence-electron chi connectivity index (χ0n) is 12.1. The highest BCUT2D eigenvalue weighted by atomic mass is 16.5. The van der Waals surface area contributed by atoms with Gasteiger partial charge in [0.1, 0.15) is 0 Å². The molecule has 1 N–H and O–H groups in total. The molecule has 0 aliphatic carbocycles. The number of benzene rings is 2. The summed E-state index contributed by atoms with van der Waals surface area (Å²) >= 11 is 0. The van der Waals surface area contributed by atoms with Crippen LogP contribution in [-0.2, 0) is 4.74 Å². The van der Waals surface area contributed by atoms with E-state index >= 15 is 0 Å². The quantitative estimate of drug-likeness (QED) is 0.926. The van der Waals surface area contributed by atoms with Gasteiger partial charge in [0.25, 0.3) is 0 Å². The fraction of sp³-hybridized carbons (Fsp3) is 0.222. The van der Waals surface area contributed by atoms with E-state index in [2.05, 4.69) is 41.1 Å². The predicted molar refractivity (Wildman–Crippen MR) is 88.6 cm³/mol. The van der Waals surface area contributed by atoms with Crippen LogP contribution in [0.5, 0.6) is 0 Å². The third-order valence-electron chi connectivity index (χ3n) is 3.66. The second-order valence-corrected chi connectivity index (χ2v) is 5.12. The fourth-order valence-corrected chi connectivity index (χ4v) is 2.46. The van der Waals surface area contributed by atoms with E-state index in [1.807, 2.05) is 30.3 Å². The highest BCUT2D eigenvalue weighted by molar-refractivity contribution is 5.75. The van der Waals surface area contributed by atoms with Crippen LogP contribution in [0.25, 0.3) is 5.70 Å². The van der Waals surface area contributed by atoms with Gasteiger partial charge in [-0.1, -0.05) is 36.9 Å². The summed E-state index contributed by atoms with van der Waals surface area (Å²) in [6.45, 7) is 7.66. The minimum Gasteiger partial charge on any atom is -0.378 e. The van der Waals surface area contributed by atoms with Crippen LogP contribution < -0.4 is 10.2 Å². The molecular weight excluding hydrogens is 260 g/mol. The highest BCUT2D eigenvalue weighted by Crippen LogP contribution is 2.21. The van der Waals surface area contributed by atoms with Crippen LogP contribution in [0.4, 0.5) is 11.4 Å². The van der Waals surface area contributed by atoms with E-state index < -0.39 is 0 Å². The van der Waals surface area contributed by atoms with Gasteiger partial charge < -0.3 is 15.0 Å². The van der Waals surface area contributed by atoms with Gasteiger partial charge >= 0.3 is 0 Å². The fourth-order valence-electron chi connectivity index (χ4n) is 2.46. The van der Waals surface area contributed by atoms with Crippen molar-refractivity contribution in [3.8, 4) is 0 Å². The lowest BCUT2D eigenvalue weighted by Crippen LogP contribution is -2.36. The highest BCUT2D eigenvalue weighted by Gasteiger charge is 2.11. The second-order valence-electron chi connectivity index (χ2n) is 5.12. The molecular formula is C18H20N2O. The van der Waals surface area contributed by atoms with Crippen molar-refractivity contribution in [2.75, 3.05) is 36.5 Å². The third-order valence-corrected chi connectivity index (χ3v) is 3.66. The summed E-state index contributed by atoms with van der Waals surface area (Å²) in [5, 5.41) is 3.33. The van der Waals surface area contributed by atoms with Crippen molar-refractivity contribution in [1.82, 2.24) is 0 Å². The molecule has 0 unspecified atom stereocenters. The molecule has 0 aromatic heterocycles. The molecule has 1 heterocycles. The van der Waals surface area contributed by atoms with Gasteiger partial charge in [0.05, 0.1) is 13.2 Å². The minimum absolute atomic E-state index is 0.810. The Kier molecular flexibility index (Phi) is 4.22. The number of morpholine rings is 1. The van der Waals surface area contributed by atoms with Crippen molar-refractivity contribution < 1.29 is 4.74 Å². The van der Waals surface area contributed by atoms with Crippen LogP contribution in [0.15, 0.2) is 61.2 Å². The van der Waals surface area contributed by atoms with Crippen LogP contribution in [0.2, 0.25) is 0 Å². The molecule has 0 radical (unpaired) electrons. The molecule has 21 heavy (non-hydrogen) atoms. The maximum Gasteiger partial charge on any atom is 0.0642 e.